The molecule has 0 bridgehead atoms. The second kappa shape index (κ2) is 7.72. The van der Waals surface area contributed by atoms with Crippen molar-refractivity contribution in [3.8, 4) is 0 Å². The summed E-state index contributed by atoms with van der Waals surface area (Å²) in [5.74, 6) is -0.107. The first kappa shape index (κ1) is 19.1. The number of nitro benzene ring substituents is 1. The molecule has 30 heavy (non-hydrogen) atoms. The van der Waals surface area contributed by atoms with Gasteiger partial charge >= 0.3 is 0 Å². The number of rotatable bonds is 5. The number of anilines is 1. The third kappa shape index (κ3) is 3.77. The summed E-state index contributed by atoms with van der Waals surface area (Å²) >= 11 is 0. The van der Waals surface area contributed by atoms with E-state index in [-0.39, 0.29) is 28.5 Å². The Balaban J connectivity index is 1.42. The molecule has 1 saturated heterocycles. The molecule has 156 valence electrons. The molecule has 5 rings (SSSR count). The third-order valence-corrected chi connectivity index (χ3v) is 6.50. The van der Waals surface area contributed by atoms with E-state index >= 15 is 0 Å². The van der Waals surface area contributed by atoms with Gasteiger partial charge in [0.25, 0.3) is 5.69 Å². The number of amides is 1. The van der Waals surface area contributed by atoms with Crippen LogP contribution >= 0.6 is 0 Å². The zero-order chi connectivity index (χ0) is 20.7. The van der Waals surface area contributed by atoms with Crippen molar-refractivity contribution in [2.45, 2.75) is 37.9 Å². The summed E-state index contributed by atoms with van der Waals surface area (Å²) in [7, 11) is 0. The van der Waals surface area contributed by atoms with Gasteiger partial charge in [-0.3, -0.25) is 19.8 Å². The molecule has 1 aliphatic carbocycles. The molecule has 0 unspecified atom stereocenters. The number of hydrogen-bond donors (Lipinski definition) is 1. The Hall–Kier alpha value is -2.93. The summed E-state index contributed by atoms with van der Waals surface area (Å²) in [4.78, 5) is 28.7. The second-order valence-corrected chi connectivity index (χ2v) is 8.65. The van der Waals surface area contributed by atoms with Gasteiger partial charge in [-0.25, -0.2) is 0 Å². The highest BCUT2D eigenvalue weighted by Gasteiger charge is 2.42. The van der Waals surface area contributed by atoms with E-state index in [0.29, 0.717) is 12.5 Å². The molecule has 1 N–H and O–H groups in total. The van der Waals surface area contributed by atoms with E-state index in [2.05, 4.69) is 39.4 Å². The Morgan fingerprint density at radius 3 is 2.67 bits per heavy atom. The predicted octanol–water partition coefficient (Wildman–Crippen LogP) is 2.74. The van der Waals surface area contributed by atoms with Gasteiger partial charge in [-0.05, 0) is 36.5 Å². The van der Waals surface area contributed by atoms with Gasteiger partial charge in [-0.15, -0.1) is 0 Å². The van der Waals surface area contributed by atoms with Crippen molar-refractivity contribution in [2.75, 3.05) is 24.5 Å². The lowest BCUT2D eigenvalue weighted by Gasteiger charge is -2.49. The lowest BCUT2D eigenvalue weighted by Crippen LogP contribution is -2.61. The number of carbonyl (C=O) groups excluding carboxylic acids is 1. The summed E-state index contributed by atoms with van der Waals surface area (Å²) in [5, 5.41) is 14.4. The smallest absolute Gasteiger partial charge is 0.269 e. The number of nitro groups is 1. The Labute approximate surface area is 175 Å². The molecule has 1 saturated carbocycles. The first-order chi connectivity index (χ1) is 14.6. The number of fused-ring (bicyclic) bond motifs is 3. The fraction of sp³-hybridized carbons (Fsp3) is 0.435. The monoisotopic (exact) mass is 406 g/mol. The largest absolute Gasteiger partial charge is 0.365 e. The number of carbonyl (C=O) groups is 1. The number of piperazine rings is 1. The van der Waals surface area contributed by atoms with Crippen molar-refractivity contribution in [1.82, 2.24) is 10.2 Å². The average molecular weight is 406 g/mol. The van der Waals surface area contributed by atoms with Gasteiger partial charge < -0.3 is 10.2 Å². The number of nitrogens with one attached hydrogen (secondary N) is 1. The van der Waals surface area contributed by atoms with Gasteiger partial charge in [0.1, 0.15) is 0 Å². The lowest BCUT2D eigenvalue weighted by atomic mass is 9.83. The summed E-state index contributed by atoms with van der Waals surface area (Å²) in [6.07, 6.45) is 2.65. The van der Waals surface area contributed by atoms with Crippen LogP contribution in [0, 0.1) is 16.0 Å². The minimum atomic E-state index is -0.358. The van der Waals surface area contributed by atoms with E-state index < -0.39 is 0 Å². The van der Waals surface area contributed by atoms with Crippen LogP contribution in [0.2, 0.25) is 0 Å². The van der Waals surface area contributed by atoms with Crippen molar-refractivity contribution in [1.29, 1.82) is 0 Å². The highest BCUT2D eigenvalue weighted by atomic mass is 16.6. The van der Waals surface area contributed by atoms with Gasteiger partial charge in [-0.2, -0.15) is 0 Å². The predicted molar refractivity (Wildman–Crippen MR) is 114 cm³/mol. The van der Waals surface area contributed by atoms with Crippen LogP contribution in [0.25, 0.3) is 0 Å². The molecule has 2 fully saturated rings. The van der Waals surface area contributed by atoms with E-state index in [1.54, 1.807) is 12.1 Å². The quantitative estimate of drug-likeness (QED) is 0.610. The highest BCUT2D eigenvalue weighted by molar-refractivity contribution is 5.82. The molecule has 0 spiro atoms. The van der Waals surface area contributed by atoms with Crippen LogP contribution in [0.5, 0.6) is 0 Å². The van der Waals surface area contributed by atoms with E-state index in [1.165, 1.54) is 5.56 Å². The Bertz CT molecular complexity index is 960. The minimum absolute atomic E-state index is 0.0789. The summed E-state index contributed by atoms with van der Waals surface area (Å²) in [6, 6.07) is 15.9. The summed E-state index contributed by atoms with van der Waals surface area (Å²) in [5.41, 5.74) is 3.32. The molecule has 2 atom stereocenters. The van der Waals surface area contributed by atoms with Crippen LogP contribution in [0.15, 0.2) is 48.5 Å². The van der Waals surface area contributed by atoms with Crippen LogP contribution in [-0.2, 0) is 17.8 Å². The number of non-ortho nitro benzene ring substituents is 1. The normalized spacial score (nSPS) is 23.4. The summed E-state index contributed by atoms with van der Waals surface area (Å²) in [6.45, 7) is 3.40. The molecule has 3 aliphatic rings. The van der Waals surface area contributed by atoms with Crippen LogP contribution in [0.4, 0.5) is 11.4 Å². The van der Waals surface area contributed by atoms with Crippen molar-refractivity contribution in [3.05, 3.63) is 69.8 Å². The molecule has 7 nitrogen and oxygen atoms in total. The number of benzene rings is 2. The Kier molecular flexibility index (Phi) is 4.90. The number of hydrogen-bond acceptors (Lipinski definition) is 5. The fourth-order valence-electron chi connectivity index (χ4n) is 4.80. The maximum Gasteiger partial charge on any atom is 0.269 e. The second-order valence-electron chi connectivity index (χ2n) is 8.65. The van der Waals surface area contributed by atoms with Gasteiger partial charge in [0.2, 0.25) is 5.91 Å². The Morgan fingerprint density at radius 2 is 1.93 bits per heavy atom. The van der Waals surface area contributed by atoms with E-state index in [0.717, 1.165) is 50.3 Å². The molecule has 7 heteroatoms. The molecular weight excluding hydrogens is 380 g/mol. The van der Waals surface area contributed by atoms with Crippen LogP contribution < -0.4 is 10.2 Å². The minimum Gasteiger partial charge on any atom is -0.365 e. The molecule has 2 heterocycles. The lowest BCUT2D eigenvalue weighted by molar-refractivity contribution is -0.384. The van der Waals surface area contributed by atoms with Crippen LogP contribution in [0.1, 0.15) is 24.0 Å². The highest BCUT2D eigenvalue weighted by Crippen LogP contribution is 2.38. The molecular formula is C23H26N4O3. The maximum absolute atomic E-state index is 13.1. The topological polar surface area (TPSA) is 78.7 Å². The van der Waals surface area contributed by atoms with Gasteiger partial charge in [0, 0.05) is 50.0 Å². The van der Waals surface area contributed by atoms with Gasteiger partial charge in [0.05, 0.1) is 16.9 Å². The van der Waals surface area contributed by atoms with E-state index in [4.69, 9.17) is 0 Å². The fourth-order valence-corrected chi connectivity index (χ4v) is 4.80. The van der Waals surface area contributed by atoms with Crippen molar-refractivity contribution < 1.29 is 9.72 Å². The molecule has 0 radical (unpaired) electrons. The number of nitrogens with zero attached hydrogens (tertiary/aromatic N) is 3. The zero-order valence-corrected chi connectivity index (χ0v) is 16.9. The molecule has 1 amide bonds. The first-order valence-corrected chi connectivity index (χ1v) is 10.7. The molecule has 2 aromatic rings. The SMILES string of the molecule is O=C(NC1CC1)[C@@H]1Cc2cc([N+](=O)[O-])ccc2N2CCN(Cc3ccccc3)C[C@@H]12. The summed E-state index contributed by atoms with van der Waals surface area (Å²) < 4.78 is 0. The standard InChI is InChI=1S/C23H26N4O3/c28-23(24-18-6-7-18)20-13-17-12-19(27(29)30)8-9-21(17)26-11-10-25(15-22(20)26)14-16-4-2-1-3-5-16/h1-5,8-9,12,18,20,22H,6-7,10-11,13-15H2,(H,24,28)/t20-,22+/m1/s1. The van der Waals surface area contributed by atoms with Crippen molar-refractivity contribution in [3.63, 3.8) is 0 Å². The molecule has 2 aromatic carbocycles. The van der Waals surface area contributed by atoms with Crippen LogP contribution in [0.3, 0.4) is 0 Å². The van der Waals surface area contributed by atoms with E-state index in [1.807, 2.05) is 12.1 Å². The van der Waals surface area contributed by atoms with Crippen molar-refractivity contribution >= 4 is 17.3 Å². The zero-order valence-electron chi connectivity index (χ0n) is 16.9. The molecule has 0 aromatic heterocycles. The van der Waals surface area contributed by atoms with Gasteiger partial charge in [0.15, 0.2) is 0 Å². The van der Waals surface area contributed by atoms with E-state index in [9.17, 15) is 14.9 Å². The van der Waals surface area contributed by atoms with Crippen LogP contribution in [-0.4, -0.2) is 47.4 Å². The third-order valence-electron chi connectivity index (χ3n) is 6.50. The van der Waals surface area contributed by atoms with Crippen molar-refractivity contribution in [2.24, 2.45) is 5.92 Å². The molecule has 2 aliphatic heterocycles. The van der Waals surface area contributed by atoms with Gasteiger partial charge in [-0.1, -0.05) is 30.3 Å². The first-order valence-electron chi connectivity index (χ1n) is 10.7. The maximum atomic E-state index is 13.1. The Morgan fingerprint density at radius 1 is 1.13 bits per heavy atom. The average Bonchev–Trinajstić information content (AvgIpc) is 3.57.